The molecule has 1 aromatic carbocycles. The van der Waals surface area contributed by atoms with Gasteiger partial charge in [-0.1, -0.05) is 19.1 Å². The minimum Gasteiger partial charge on any atom is -0.381 e. The van der Waals surface area contributed by atoms with E-state index in [0.29, 0.717) is 17.5 Å². The topological polar surface area (TPSA) is 55.8 Å². The summed E-state index contributed by atoms with van der Waals surface area (Å²) in [4.78, 5) is 30.1. The SMILES string of the molecule is B[C@H]1CC(ON2C(=O)c3ccccc3C2=O)[C@@H](CC)O1. The fourth-order valence-electron chi connectivity index (χ4n) is 2.79. The number of benzene rings is 1. The third-order valence-electron chi connectivity index (χ3n) is 3.79. The van der Waals surface area contributed by atoms with E-state index in [1.54, 1.807) is 24.3 Å². The summed E-state index contributed by atoms with van der Waals surface area (Å²) in [6, 6.07) is 6.85. The van der Waals surface area contributed by atoms with Crippen molar-refractivity contribution < 1.29 is 19.2 Å². The standard InChI is InChI=1S/C14H16BNO4/c1-2-10-11(7-12(15)19-10)20-16-13(17)8-5-3-4-6-9(8)14(16)18/h3-6,10-12H,2,7,15H2,1H3/t10-,11?,12-/m1/s1. The monoisotopic (exact) mass is 273 g/mol. The lowest BCUT2D eigenvalue weighted by Crippen LogP contribution is -2.37. The Balaban J connectivity index is 1.80. The maximum atomic E-state index is 12.2. The van der Waals surface area contributed by atoms with Crippen LogP contribution in [0, 0.1) is 0 Å². The zero-order valence-corrected chi connectivity index (χ0v) is 11.5. The molecule has 0 aromatic heterocycles. The summed E-state index contributed by atoms with van der Waals surface area (Å²) in [5, 5.41) is 0.888. The van der Waals surface area contributed by atoms with Gasteiger partial charge in [0.05, 0.1) is 17.2 Å². The molecule has 3 atom stereocenters. The van der Waals surface area contributed by atoms with Crippen LogP contribution in [0.5, 0.6) is 0 Å². The maximum absolute atomic E-state index is 12.2. The molecule has 2 amide bonds. The van der Waals surface area contributed by atoms with E-state index in [9.17, 15) is 9.59 Å². The van der Waals surface area contributed by atoms with Crippen molar-refractivity contribution in [1.29, 1.82) is 0 Å². The van der Waals surface area contributed by atoms with Crippen molar-refractivity contribution in [1.82, 2.24) is 5.06 Å². The molecule has 0 aliphatic carbocycles. The minimum absolute atomic E-state index is 0.0747. The highest BCUT2D eigenvalue weighted by molar-refractivity contribution is 6.20. The van der Waals surface area contributed by atoms with Crippen molar-refractivity contribution in [3.05, 3.63) is 35.4 Å². The summed E-state index contributed by atoms with van der Waals surface area (Å²) in [6.07, 6.45) is 1.15. The first-order valence-corrected chi connectivity index (χ1v) is 6.92. The number of rotatable bonds is 3. The quantitative estimate of drug-likeness (QED) is 0.602. The highest BCUT2D eigenvalue weighted by Gasteiger charge is 2.41. The Kier molecular flexibility index (Phi) is 3.35. The maximum Gasteiger partial charge on any atom is 0.285 e. The zero-order valence-electron chi connectivity index (χ0n) is 11.5. The smallest absolute Gasteiger partial charge is 0.285 e. The fourth-order valence-corrected chi connectivity index (χ4v) is 2.79. The van der Waals surface area contributed by atoms with Crippen LogP contribution in [-0.4, -0.2) is 42.9 Å². The second kappa shape index (κ2) is 5.03. The average molecular weight is 273 g/mol. The molecule has 1 aromatic rings. The molecule has 6 heteroatoms. The molecule has 0 saturated carbocycles. The van der Waals surface area contributed by atoms with Gasteiger partial charge < -0.3 is 4.74 Å². The number of carbonyl (C=O) groups excluding carboxylic acids is 2. The van der Waals surface area contributed by atoms with Gasteiger partial charge in [0.15, 0.2) is 0 Å². The van der Waals surface area contributed by atoms with Crippen LogP contribution >= 0.6 is 0 Å². The molecule has 2 heterocycles. The number of fused-ring (bicyclic) bond motifs is 1. The molecule has 0 bridgehead atoms. The first-order valence-electron chi connectivity index (χ1n) is 6.92. The third kappa shape index (κ3) is 2.05. The first-order chi connectivity index (χ1) is 9.61. The Bertz CT molecular complexity index is 527. The van der Waals surface area contributed by atoms with E-state index in [2.05, 4.69) is 0 Å². The van der Waals surface area contributed by atoms with Crippen molar-refractivity contribution in [3.8, 4) is 0 Å². The summed E-state index contributed by atoms with van der Waals surface area (Å²) in [7, 11) is 1.97. The molecule has 20 heavy (non-hydrogen) atoms. The van der Waals surface area contributed by atoms with Crippen LogP contribution in [0.1, 0.15) is 40.5 Å². The van der Waals surface area contributed by atoms with Crippen LogP contribution in [-0.2, 0) is 9.57 Å². The lowest BCUT2D eigenvalue weighted by Gasteiger charge is -2.22. The van der Waals surface area contributed by atoms with Gasteiger partial charge in [0.2, 0.25) is 0 Å². The van der Waals surface area contributed by atoms with Gasteiger partial charge in [0.25, 0.3) is 11.8 Å². The zero-order chi connectivity index (χ0) is 14.3. The summed E-state index contributed by atoms with van der Waals surface area (Å²) >= 11 is 0. The number of hydrogen-bond donors (Lipinski definition) is 0. The number of hydrogen-bond acceptors (Lipinski definition) is 4. The molecule has 3 rings (SSSR count). The van der Waals surface area contributed by atoms with Crippen LogP contribution in [0.4, 0.5) is 0 Å². The van der Waals surface area contributed by atoms with Gasteiger partial charge in [-0.3, -0.25) is 14.4 Å². The Morgan fingerprint density at radius 2 is 1.90 bits per heavy atom. The lowest BCUT2D eigenvalue weighted by atomic mass is 9.96. The van der Waals surface area contributed by atoms with Gasteiger partial charge in [0, 0.05) is 6.00 Å². The largest absolute Gasteiger partial charge is 0.381 e. The van der Waals surface area contributed by atoms with Crippen molar-refractivity contribution in [3.63, 3.8) is 0 Å². The number of amides is 2. The van der Waals surface area contributed by atoms with Gasteiger partial charge in [-0.25, -0.2) is 0 Å². The molecular weight excluding hydrogens is 257 g/mol. The molecule has 104 valence electrons. The summed E-state index contributed by atoms with van der Waals surface area (Å²) in [5.74, 6) is -0.778. The summed E-state index contributed by atoms with van der Waals surface area (Å²) in [6.45, 7) is 2.00. The molecule has 0 radical (unpaired) electrons. The van der Waals surface area contributed by atoms with Crippen molar-refractivity contribution >= 4 is 19.7 Å². The van der Waals surface area contributed by atoms with Crippen molar-refractivity contribution in [2.24, 2.45) is 0 Å². The van der Waals surface area contributed by atoms with E-state index in [4.69, 9.17) is 9.57 Å². The Morgan fingerprint density at radius 1 is 1.30 bits per heavy atom. The molecule has 1 fully saturated rings. The van der Waals surface area contributed by atoms with E-state index < -0.39 is 0 Å². The van der Waals surface area contributed by atoms with Gasteiger partial charge in [-0.05, 0) is 25.0 Å². The molecule has 1 unspecified atom stereocenters. The number of nitrogens with zero attached hydrogens (tertiary/aromatic N) is 1. The second-order valence-corrected chi connectivity index (χ2v) is 5.22. The van der Waals surface area contributed by atoms with Gasteiger partial charge in [0.1, 0.15) is 14.0 Å². The number of carbonyl (C=O) groups is 2. The third-order valence-corrected chi connectivity index (χ3v) is 3.79. The molecule has 0 N–H and O–H groups in total. The molecule has 2 aliphatic heterocycles. The molecule has 5 nitrogen and oxygen atoms in total. The van der Waals surface area contributed by atoms with E-state index >= 15 is 0 Å². The first kappa shape index (κ1) is 13.3. The molecule has 2 aliphatic rings. The van der Waals surface area contributed by atoms with Crippen molar-refractivity contribution in [2.75, 3.05) is 0 Å². The average Bonchev–Trinajstić information content (AvgIpc) is 2.93. The van der Waals surface area contributed by atoms with E-state index in [0.717, 1.165) is 11.5 Å². The highest BCUT2D eigenvalue weighted by atomic mass is 16.7. The van der Waals surface area contributed by atoms with Crippen molar-refractivity contribution in [2.45, 2.75) is 38.0 Å². The number of imide groups is 1. The summed E-state index contributed by atoms with van der Waals surface area (Å²) in [5.41, 5.74) is 0.801. The molecular formula is C14H16BNO4. The lowest BCUT2D eigenvalue weighted by molar-refractivity contribution is -0.148. The predicted octanol–water partition coefficient (Wildman–Crippen LogP) is 0.741. The van der Waals surface area contributed by atoms with E-state index in [1.807, 2.05) is 14.8 Å². The van der Waals surface area contributed by atoms with Crippen LogP contribution in [0.3, 0.4) is 0 Å². The molecule has 1 saturated heterocycles. The second-order valence-electron chi connectivity index (χ2n) is 5.22. The number of ether oxygens (including phenoxy) is 1. The minimum atomic E-state index is -0.389. The van der Waals surface area contributed by atoms with Gasteiger partial charge >= 0.3 is 0 Å². The summed E-state index contributed by atoms with van der Waals surface area (Å²) < 4.78 is 5.71. The Hall–Kier alpha value is -1.66. The number of hydroxylamine groups is 2. The van der Waals surface area contributed by atoms with E-state index in [1.165, 1.54) is 0 Å². The fraction of sp³-hybridized carbons (Fsp3) is 0.429. The Morgan fingerprint density at radius 3 is 2.45 bits per heavy atom. The van der Waals surface area contributed by atoms with Crippen LogP contribution in [0.2, 0.25) is 0 Å². The van der Waals surface area contributed by atoms with Crippen LogP contribution in [0.15, 0.2) is 24.3 Å². The van der Waals surface area contributed by atoms with Gasteiger partial charge in [-0.15, -0.1) is 5.06 Å². The van der Waals surface area contributed by atoms with Crippen LogP contribution < -0.4 is 0 Å². The Labute approximate surface area is 118 Å². The molecule has 0 spiro atoms. The van der Waals surface area contributed by atoms with Crippen LogP contribution in [0.25, 0.3) is 0 Å². The van der Waals surface area contributed by atoms with E-state index in [-0.39, 0.29) is 30.0 Å². The normalized spacial score (nSPS) is 29.1. The predicted molar refractivity (Wildman–Crippen MR) is 73.9 cm³/mol. The highest BCUT2D eigenvalue weighted by Crippen LogP contribution is 2.29. The van der Waals surface area contributed by atoms with Gasteiger partial charge in [-0.2, -0.15) is 0 Å².